The number of hydrogen-bond donors (Lipinski definition) is 2. The first-order chi connectivity index (χ1) is 15.3. The van der Waals surface area contributed by atoms with Crippen molar-refractivity contribution in [3.05, 3.63) is 72.2 Å². The number of nitrogens with one attached hydrogen (secondary N) is 1. The van der Waals surface area contributed by atoms with Crippen molar-refractivity contribution in [1.82, 2.24) is 29.4 Å². The smallest absolute Gasteiger partial charge is 0.475 e. The van der Waals surface area contributed by atoms with Gasteiger partial charge in [-0.25, -0.2) is 4.79 Å². The van der Waals surface area contributed by atoms with Gasteiger partial charge in [0, 0.05) is 12.7 Å². The van der Waals surface area contributed by atoms with E-state index < -0.39 is 12.1 Å². The molecule has 0 radical (unpaired) electrons. The fourth-order valence-corrected chi connectivity index (χ4v) is 3.40. The predicted molar refractivity (Wildman–Crippen MR) is 110 cm³/mol. The Morgan fingerprint density at radius 1 is 1.06 bits per heavy atom. The van der Waals surface area contributed by atoms with Gasteiger partial charge in [-0.3, -0.25) is 9.50 Å². The molecule has 11 heteroatoms. The van der Waals surface area contributed by atoms with Crippen molar-refractivity contribution in [1.29, 1.82) is 0 Å². The van der Waals surface area contributed by atoms with Crippen LogP contribution in [0.2, 0.25) is 0 Å². The highest BCUT2D eigenvalue weighted by Gasteiger charge is 2.38. The Morgan fingerprint density at radius 3 is 2.41 bits per heavy atom. The van der Waals surface area contributed by atoms with E-state index in [4.69, 9.17) is 9.90 Å². The Morgan fingerprint density at radius 2 is 1.78 bits per heavy atom. The number of carboxylic acids is 1. The fraction of sp³-hybridized carbons (Fsp3) is 0.143. The summed E-state index contributed by atoms with van der Waals surface area (Å²) in [6, 6.07) is 18.8. The fourth-order valence-electron chi connectivity index (χ4n) is 3.40. The Bertz CT molecular complexity index is 1370. The highest BCUT2D eigenvalue weighted by atomic mass is 19.4. The van der Waals surface area contributed by atoms with E-state index in [0.29, 0.717) is 0 Å². The lowest BCUT2D eigenvalue weighted by atomic mass is 10.2. The Hall–Kier alpha value is -4.15. The summed E-state index contributed by atoms with van der Waals surface area (Å²) in [5.41, 5.74) is 6.44. The summed E-state index contributed by atoms with van der Waals surface area (Å²) in [5.74, 6) is -1.87. The molecule has 0 spiro atoms. The van der Waals surface area contributed by atoms with Crippen LogP contribution in [-0.2, 0) is 11.3 Å². The summed E-state index contributed by atoms with van der Waals surface area (Å²) in [5, 5.41) is 22.8. The molecule has 0 unspecified atom stereocenters. The van der Waals surface area contributed by atoms with Gasteiger partial charge in [0.1, 0.15) is 5.82 Å². The van der Waals surface area contributed by atoms with Crippen LogP contribution in [0.3, 0.4) is 0 Å². The van der Waals surface area contributed by atoms with Gasteiger partial charge in [0.15, 0.2) is 5.65 Å². The van der Waals surface area contributed by atoms with E-state index in [1.54, 1.807) is 6.20 Å². The average molecular weight is 442 g/mol. The monoisotopic (exact) mass is 442 g/mol. The summed E-state index contributed by atoms with van der Waals surface area (Å²) < 4.78 is 36.1. The number of alkyl halides is 3. The van der Waals surface area contributed by atoms with Crippen molar-refractivity contribution >= 4 is 22.6 Å². The number of aryl methyl sites for hydroxylation is 1. The van der Waals surface area contributed by atoms with E-state index in [1.807, 2.05) is 25.1 Å². The topological polar surface area (TPSA) is 101 Å². The van der Waals surface area contributed by atoms with Gasteiger partial charge >= 0.3 is 12.1 Å². The molecule has 4 aromatic heterocycles. The summed E-state index contributed by atoms with van der Waals surface area (Å²) in [6.45, 7) is 2.76. The maximum atomic E-state index is 10.6. The number of aromatic nitrogens is 6. The number of benzene rings is 1. The van der Waals surface area contributed by atoms with Crippen LogP contribution in [0.5, 0.6) is 0 Å². The van der Waals surface area contributed by atoms with Crippen molar-refractivity contribution in [3.8, 4) is 11.4 Å². The molecular weight excluding hydrogens is 425 g/mol. The van der Waals surface area contributed by atoms with E-state index in [2.05, 4.69) is 65.8 Å². The molecule has 0 bridgehead atoms. The predicted octanol–water partition coefficient (Wildman–Crippen LogP) is 4.06. The number of H-pyrrole nitrogens is 1. The van der Waals surface area contributed by atoms with E-state index in [0.717, 1.165) is 40.4 Å². The third-order valence-electron chi connectivity index (χ3n) is 4.80. The van der Waals surface area contributed by atoms with Gasteiger partial charge in [-0.2, -0.15) is 18.3 Å². The lowest BCUT2D eigenvalue weighted by Gasteiger charge is -2.10. The minimum atomic E-state index is -5.08. The third kappa shape index (κ3) is 4.04. The number of fused-ring (bicyclic) bond motifs is 3. The molecule has 2 N–H and O–H groups in total. The van der Waals surface area contributed by atoms with Gasteiger partial charge in [-0.15, -0.1) is 10.2 Å². The molecule has 5 aromatic rings. The molecule has 0 amide bonds. The van der Waals surface area contributed by atoms with Crippen LogP contribution in [0.4, 0.5) is 13.2 Å². The average Bonchev–Trinajstić information content (AvgIpc) is 3.48. The van der Waals surface area contributed by atoms with Gasteiger partial charge in [-0.05, 0) is 36.8 Å². The lowest BCUT2D eigenvalue weighted by molar-refractivity contribution is -0.192. The van der Waals surface area contributed by atoms with Crippen LogP contribution in [0.25, 0.3) is 28.1 Å². The zero-order valence-corrected chi connectivity index (χ0v) is 16.7. The van der Waals surface area contributed by atoms with E-state index >= 15 is 0 Å². The Balaban J connectivity index is 0.000000307. The van der Waals surface area contributed by atoms with E-state index in [9.17, 15) is 13.2 Å². The van der Waals surface area contributed by atoms with Gasteiger partial charge < -0.3 is 9.67 Å². The molecule has 0 saturated carbocycles. The molecule has 0 aliphatic carbocycles. The maximum absolute atomic E-state index is 10.6. The number of rotatable bonds is 3. The van der Waals surface area contributed by atoms with Crippen LogP contribution in [0, 0.1) is 6.92 Å². The first-order valence-corrected chi connectivity index (χ1v) is 9.43. The number of carbonyl (C=O) groups is 1. The molecule has 0 saturated heterocycles. The molecule has 5 rings (SSSR count). The summed E-state index contributed by atoms with van der Waals surface area (Å²) in [6.07, 6.45) is -3.31. The quantitative estimate of drug-likeness (QED) is 0.439. The number of aromatic amines is 1. The highest BCUT2D eigenvalue weighted by molar-refractivity contribution is 5.86. The number of hydrogen-bond acceptors (Lipinski definition) is 4. The van der Waals surface area contributed by atoms with Gasteiger partial charge in [0.2, 0.25) is 0 Å². The molecule has 0 aliphatic rings. The molecule has 32 heavy (non-hydrogen) atoms. The van der Waals surface area contributed by atoms with Gasteiger partial charge in [0.05, 0.1) is 22.4 Å². The summed E-state index contributed by atoms with van der Waals surface area (Å²) in [4.78, 5) is 8.90. The van der Waals surface area contributed by atoms with Crippen molar-refractivity contribution in [2.45, 2.75) is 19.6 Å². The largest absolute Gasteiger partial charge is 0.490 e. The molecule has 1 aromatic carbocycles. The van der Waals surface area contributed by atoms with Crippen LogP contribution in [-0.4, -0.2) is 46.6 Å². The van der Waals surface area contributed by atoms with Crippen LogP contribution < -0.4 is 0 Å². The zero-order chi connectivity index (χ0) is 22.9. The zero-order valence-electron chi connectivity index (χ0n) is 16.7. The van der Waals surface area contributed by atoms with Crippen molar-refractivity contribution in [2.24, 2.45) is 0 Å². The highest BCUT2D eigenvalue weighted by Crippen LogP contribution is 2.29. The van der Waals surface area contributed by atoms with Crippen LogP contribution in [0.1, 0.15) is 11.4 Å². The molecule has 8 nitrogen and oxygen atoms in total. The number of halogens is 3. The molecule has 164 valence electrons. The second kappa shape index (κ2) is 8.17. The number of aliphatic carboxylic acids is 1. The van der Waals surface area contributed by atoms with Crippen LogP contribution >= 0.6 is 0 Å². The summed E-state index contributed by atoms with van der Waals surface area (Å²) in [7, 11) is 0. The Labute approximate surface area is 178 Å². The second-order valence-corrected chi connectivity index (χ2v) is 6.92. The lowest BCUT2D eigenvalue weighted by Crippen LogP contribution is -2.21. The van der Waals surface area contributed by atoms with Crippen molar-refractivity contribution in [3.63, 3.8) is 0 Å². The van der Waals surface area contributed by atoms with Crippen molar-refractivity contribution in [2.75, 3.05) is 0 Å². The van der Waals surface area contributed by atoms with E-state index in [-0.39, 0.29) is 0 Å². The first kappa shape index (κ1) is 21.1. The number of carboxylic acid groups (broad SMARTS) is 1. The van der Waals surface area contributed by atoms with E-state index in [1.165, 1.54) is 5.56 Å². The molecule has 0 atom stereocenters. The first-order valence-electron chi connectivity index (χ1n) is 9.43. The molecule has 0 fully saturated rings. The molecule has 4 heterocycles. The number of pyridine rings is 1. The van der Waals surface area contributed by atoms with Crippen LogP contribution in [0.15, 0.2) is 60.8 Å². The Kier molecular flexibility index (Phi) is 5.39. The maximum Gasteiger partial charge on any atom is 0.490 e. The third-order valence-corrected chi connectivity index (χ3v) is 4.80. The van der Waals surface area contributed by atoms with Gasteiger partial charge in [0.25, 0.3) is 0 Å². The second-order valence-electron chi connectivity index (χ2n) is 6.92. The SMILES string of the molecule is Cc1nnc2ccc3c(cc(-c4ccn[nH]4)n3Cc3ccccc3)n12.O=C(O)C(F)(F)F. The minimum Gasteiger partial charge on any atom is -0.475 e. The normalized spacial score (nSPS) is 11.5. The standard InChI is InChI=1S/C19H16N6.C2HF3O2/c1-13-21-23-19-8-7-16-18(25(13)19)11-17(15-9-10-20-22-15)24(16)12-14-5-3-2-4-6-14;3-2(4,5)1(6)7/h2-11H,12H2,1H3,(H,20,22);(H,6,7). The van der Waals surface area contributed by atoms with Crippen molar-refractivity contribution < 1.29 is 23.1 Å². The number of nitrogens with zero attached hydrogens (tertiary/aromatic N) is 5. The molecular formula is C21H17F3N6O2. The summed E-state index contributed by atoms with van der Waals surface area (Å²) >= 11 is 0. The van der Waals surface area contributed by atoms with Gasteiger partial charge in [-0.1, -0.05) is 30.3 Å². The molecule has 0 aliphatic heterocycles. The minimum absolute atomic E-state index is 0.783.